The molecule has 0 amide bonds. The number of aromatic nitrogens is 5. The van der Waals surface area contributed by atoms with E-state index in [1.165, 1.54) is 11.1 Å². The molecule has 0 radical (unpaired) electrons. The third-order valence-electron chi connectivity index (χ3n) is 4.39. The Morgan fingerprint density at radius 3 is 2.50 bits per heavy atom. The molecule has 1 atom stereocenters. The molecule has 0 spiro atoms. The van der Waals surface area contributed by atoms with E-state index in [0.717, 1.165) is 22.1 Å². The van der Waals surface area contributed by atoms with Gasteiger partial charge in [-0.3, -0.25) is 4.98 Å². The summed E-state index contributed by atoms with van der Waals surface area (Å²) in [7, 11) is 0. The zero-order valence-corrected chi connectivity index (χ0v) is 15.9. The second kappa shape index (κ2) is 6.96. The SMILES string of the molecule is CC(C)Cc1ccc([C@H](C)c2nn3c(-c4ccccn4)nnc3s2)cc1. The minimum atomic E-state index is 0.214. The highest BCUT2D eigenvalue weighted by Gasteiger charge is 2.18. The molecular weight excluding hydrogens is 342 g/mol. The minimum Gasteiger partial charge on any atom is -0.253 e. The first-order valence-electron chi connectivity index (χ1n) is 8.84. The molecule has 6 heteroatoms. The maximum atomic E-state index is 4.77. The van der Waals surface area contributed by atoms with Crippen LogP contribution in [0.3, 0.4) is 0 Å². The Kier molecular flexibility index (Phi) is 4.51. The van der Waals surface area contributed by atoms with Crippen molar-refractivity contribution in [1.82, 2.24) is 24.8 Å². The van der Waals surface area contributed by atoms with E-state index < -0.39 is 0 Å². The topological polar surface area (TPSA) is 56.0 Å². The summed E-state index contributed by atoms with van der Waals surface area (Å²) in [6, 6.07) is 14.6. The summed E-state index contributed by atoms with van der Waals surface area (Å²) in [5.74, 6) is 1.57. The summed E-state index contributed by atoms with van der Waals surface area (Å²) in [6.07, 6.45) is 2.86. The Balaban J connectivity index is 1.63. The molecule has 0 unspecified atom stereocenters. The van der Waals surface area contributed by atoms with Crippen LogP contribution in [0.2, 0.25) is 0 Å². The van der Waals surface area contributed by atoms with Crippen LogP contribution in [-0.4, -0.2) is 24.8 Å². The number of nitrogens with zero attached hydrogens (tertiary/aromatic N) is 5. The van der Waals surface area contributed by atoms with Gasteiger partial charge in [-0.25, -0.2) is 0 Å². The highest BCUT2D eigenvalue weighted by molar-refractivity contribution is 7.16. The van der Waals surface area contributed by atoms with E-state index in [1.807, 2.05) is 18.2 Å². The van der Waals surface area contributed by atoms with Crippen LogP contribution in [0, 0.1) is 5.92 Å². The molecule has 0 aliphatic rings. The van der Waals surface area contributed by atoms with Crippen molar-refractivity contribution < 1.29 is 0 Å². The number of pyridine rings is 1. The van der Waals surface area contributed by atoms with Gasteiger partial charge in [0.1, 0.15) is 10.7 Å². The molecule has 132 valence electrons. The predicted octanol–water partition coefficient (Wildman–Crippen LogP) is 4.60. The van der Waals surface area contributed by atoms with E-state index in [9.17, 15) is 0 Å². The number of hydrogen-bond acceptors (Lipinski definition) is 5. The number of rotatable bonds is 5. The molecule has 26 heavy (non-hydrogen) atoms. The second-order valence-electron chi connectivity index (χ2n) is 6.93. The summed E-state index contributed by atoms with van der Waals surface area (Å²) in [5, 5.41) is 14.3. The lowest BCUT2D eigenvalue weighted by molar-refractivity contribution is 0.647. The Bertz CT molecular complexity index is 1000. The van der Waals surface area contributed by atoms with Crippen molar-refractivity contribution in [2.24, 2.45) is 5.92 Å². The van der Waals surface area contributed by atoms with E-state index >= 15 is 0 Å². The van der Waals surface area contributed by atoms with Gasteiger partial charge >= 0.3 is 0 Å². The zero-order chi connectivity index (χ0) is 18.1. The van der Waals surface area contributed by atoms with Gasteiger partial charge in [-0.05, 0) is 35.6 Å². The van der Waals surface area contributed by atoms with Gasteiger partial charge in [-0.2, -0.15) is 9.61 Å². The molecule has 1 aromatic carbocycles. The van der Waals surface area contributed by atoms with Gasteiger partial charge in [0.2, 0.25) is 10.8 Å². The zero-order valence-electron chi connectivity index (χ0n) is 15.1. The lowest BCUT2D eigenvalue weighted by atomic mass is 9.97. The normalized spacial score (nSPS) is 12.8. The standard InChI is InChI=1S/C20H21N5S/c1-13(2)12-15-7-9-16(10-8-15)14(3)19-24-25-18(22-23-20(25)26-19)17-6-4-5-11-21-17/h4-11,13-14H,12H2,1-3H3/t14-/m0/s1. The quantitative estimate of drug-likeness (QED) is 0.520. The third kappa shape index (κ3) is 3.24. The predicted molar refractivity (Wildman–Crippen MR) is 104 cm³/mol. The van der Waals surface area contributed by atoms with Crippen LogP contribution in [0.25, 0.3) is 16.5 Å². The third-order valence-corrected chi connectivity index (χ3v) is 5.48. The summed E-state index contributed by atoms with van der Waals surface area (Å²) in [5.41, 5.74) is 3.43. The first-order valence-corrected chi connectivity index (χ1v) is 9.66. The fraction of sp³-hybridized carbons (Fsp3) is 0.300. The smallest absolute Gasteiger partial charge is 0.235 e. The van der Waals surface area contributed by atoms with Crippen molar-refractivity contribution >= 4 is 16.3 Å². The average molecular weight is 363 g/mol. The molecule has 4 aromatic rings. The highest BCUT2D eigenvalue weighted by atomic mass is 32.1. The van der Waals surface area contributed by atoms with Crippen LogP contribution in [0.15, 0.2) is 48.7 Å². The number of hydrogen-bond donors (Lipinski definition) is 0. The van der Waals surface area contributed by atoms with E-state index in [1.54, 1.807) is 22.0 Å². The highest BCUT2D eigenvalue weighted by Crippen LogP contribution is 2.29. The number of fused-ring (bicyclic) bond motifs is 1. The molecule has 0 N–H and O–H groups in total. The van der Waals surface area contributed by atoms with Crippen molar-refractivity contribution in [1.29, 1.82) is 0 Å². The van der Waals surface area contributed by atoms with Crippen molar-refractivity contribution in [3.63, 3.8) is 0 Å². The van der Waals surface area contributed by atoms with Gasteiger partial charge < -0.3 is 0 Å². The fourth-order valence-electron chi connectivity index (χ4n) is 3.02. The summed E-state index contributed by atoms with van der Waals surface area (Å²) in [4.78, 5) is 5.15. The largest absolute Gasteiger partial charge is 0.253 e. The van der Waals surface area contributed by atoms with Gasteiger partial charge in [0.15, 0.2) is 0 Å². The monoisotopic (exact) mass is 363 g/mol. The van der Waals surface area contributed by atoms with Crippen LogP contribution in [0.1, 0.15) is 42.8 Å². The summed E-state index contributed by atoms with van der Waals surface area (Å²) in [6.45, 7) is 6.67. The maximum absolute atomic E-state index is 4.77. The fourth-order valence-corrected chi connectivity index (χ4v) is 3.94. The summed E-state index contributed by atoms with van der Waals surface area (Å²) < 4.78 is 1.80. The Labute approximate surface area is 156 Å². The van der Waals surface area contributed by atoms with Crippen LogP contribution < -0.4 is 0 Å². The Morgan fingerprint density at radius 2 is 1.81 bits per heavy atom. The molecular formula is C20H21N5S. The minimum absolute atomic E-state index is 0.214. The molecule has 3 aromatic heterocycles. The van der Waals surface area contributed by atoms with Crippen LogP contribution in [0.5, 0.6) is 0 Å². The first kappa shape index (κ1) is 16.8. The Morgan fingerprint density at radius 1 is 1.00 bits per heavy atom. The van der Waals surface area contributed by atoms with Crippen LogP contribution >= 0.6 is 11.3 Å². The second-order valence-corrected chi connectivity index (χ2v) is 7.92. The molecule has 3 heterocycles. The molecule has 0 aliphatic heterocycles. The van der Waals surface area contributed by atoms with E-state index in [2.05, 4.69) is 60.2 Å². The number of benzene rings is 1. The first-order chi connectivity index (χ1) is 12.6. The molecule has 0 aliphatic carbocycles. The molecule has 0 saturated carbocycles. The van der Waals surface area contributed by atoms with Crippen molar-refractivity contribution in [2.75, 3.05) is 0 Å². The van der Waals surface area contributed by atoms with Crippen molar-refractivity contribution in [3.05, 3.63) is 64.8 Å². The van der Waals surface area contributed by atoms with Gasteiger partial charge in [-0.1, -0.05) is 62.4 Å². The Hall–Kier alpha value is -2.60. The van der Waals surface area contributed by atoms with Gasteiger partial charge in [0, 0.05) is 12.1 Å². The molecule has 0 fully saturated rings. The van der Waals surface area contributed by atoms with E-state index in [0.29, 0.717) is 11.7 Å². The summed E-state index contributed by atoms with van der Waals surface area (Å²) >= 11 is 1.58. The maximum Gasteiger partial charge on any atom is 0.235 e. The van der Waals surface area contributed by atoms with E-state index in [4.69, 9.17) is 5.10 Å². The van der Waals surface area contributed by atoms with Crippen molar-refractivity contribution in [2.45, 2.75) is 33.1 Å². The van der Waals surface area contributed by atoms with Gasteiger partial charge in [0.05, 0.1) is 0 Å². The molecule has 4 rings (SSSR count). The average Bonchev–Trinajstić information content (AvgIpc) is 3.22. The van der Waals surface area contributed by atoms with Crippen molar-refractivity contribution in [3.8, 4) is 11.5 Å². The molecule has 5 nitrogen and oxygen atoms in total. The van der Waals surface area contributed by atoms with Gasteiger partial charge in [0.25, 0.3) is 0 Å². The molecule has 0 bridgehead atoms. The van der Waals surface area contributed by atoms with Crippen LogP contribution in [0.4, 0.5) is 0 Å². The van der Waals surface area contributed by atoms with Gasteiger partial charge in [-0.15, -0.1) is 10.2 Å². The lowest BCUT2D eigenvalue weighted by Crippen LogP contribution is -2.00. The molecule has 0 saturated heterocycles. The lowest BCUT2D eigenvalue weighted by Gasteiger charge is -2.10. The van der Waals surface area contributed by atoms with Crippen LogP contribution in [-0.2, 0) is 6.42 Å². The van der Waals surface area contributed by atoms with E-state index in [-0.39, 0.29) is 5.92 Å².